The van der Waals surface area contributed by atoms with Crippen molar-refractivity contribution in [2.24, 2.45) is 5.73 Å². The van der Waals surface area contributed by atoms with E-state index >= 15 is 0 Å². The van der Waals surface area contributed by atoms with E-state index in [-0.39, 0.29) is 6.04 Å². The molecule has 0 radical (unpaired) electrons. The number of nitrogens with two attached hydrogens (primary N) is 1. The van der Waals surface area contributed by atoms with Crippen LogP contribution in [-0.2, 0) is 0 Å². The van der Waals surface area contributed by atoms with Gasteiger partial charge in [-0.05, 0) is 57.0 Å². The van der Waals surface area contributed by atoms with Gasteiger partial charge < -0.3 is 5.73 Å². The Morgan fingerprint density at radius 2 is 2.00 bits per heavy atom. The average Bonchev–Trinajstić information content (AvgIpc) is 2.31. The number of nitrogens with zero attached hydrogens (tertiary/aromatic N) is 1. The Hall–Kier alpha value is -0.570. The van der Waals surface area contributed by atoms with Crippen LogP contribution in [-0.4, -0.2) is 24.0 Å². The van der Waals surface area contributed by atoms with Crippen LogP contribution in [0.2, 0.25) is 5.02 Å². The number of aryl methyl sites for hydroxylation is 1. The molecule has 0 aliphatic carbocycles. The molecule has 1 rings (SSSR count). The molecule has 1 aromatic carbocycles. The third-order valence-electron chi connectivity index (χ3n) is 3.36. The van der Waals surface area contributed by atoms with E-state index in [0.717, 1.165) is 18.0 Å². The molecule has 1 atom stereocenters. The molecule has 0 saturated heterocycles. The van der Waals surface area contributed by atoms with Crippen molar-refractivity contribution >= 4 is 11.6 Å². The summed E-state index contributed by atoms with van der Waals surface area (Å²) in [6.07, 6.45) is 1.14. The van der Waals surface area contributed by atoms with Gasteiger partial charge in [-0.2, -0.15) is 0 Å². The number of hydrogen-bond donors (Lipinski definition) is 1. The highest BCUT2D eigenvalue weighted by molar-refractivity contribution is 6.30. The van der Waals surface area contributed by atoms with E-state index in [4.69, 9.17) is 17.3 Å². The maximum Gasteiger partial charge on any atom is 0.0475 e. The Morgan fingerprint density at radius 3 is 2.44 bits per heavy atom. The van der Waals surface area contributed by atoms with E-state index in [0.29, 0.717) is 12.6 Å². The van der Waals surface area contributed by atoms with Crippen molar-refractivity contribution < 1.29 is 0 Å². The van der Waals surface area contributed by atoms with Gasteiger partial charge in [0, 0.05) is 23.7 Å². The van der Waals surface area contributed by atoms with Gasteiger partial charge in [-0.25, -0.2) is 0 Å². The summed E-state index contributed by atoms with van der Waals surface area (Å²) >= 11 is 6.02. The number of rotatable bonds is 6. The first-order chi connectivity index (χ1) is 8.51. The number of halogens is 1. The zero-order valence-electron chi connectivity index (χ0n) is 11.9. The van der Waals surface area contributed by atoms with Crippen molar-refractivity contribution in [2.75, 3.05) is 13.1 Å². The van der Waals surface area contributed by atoms with Gasteiger partial charge in [0.15, 0.2) is 0 Å². The van der Waals surface area contributed by atoms with Crippen LogP contribution in [0.4, 0.5) is 0 Å². The summed E-state index contributed by atoms with van der Waals surface area (Å²) in [5.41, 5.74) is 8.52. The minimum Gasteiger partial charge on any atom is -0.329 e. The molecule has 2 N–H and O–H groups in total. The summed E-state index contributed by atoms with van der Waals surface area (Å²) in [5.74, 6) is 0. The lowest BCUT2D eigenvalue weighted by molar-refractivity contribution is 0.157. The SMILES string of the molecule is CCCN(C(C)C)C(CN)c1ccc(Cl)cc1C. The predicted octanol–water partition coefficient (Wildman–Crippen LogP) is 3.77. The van der Waals surface area contributed by atoms with Crippen LogP contribution in [0.3, 0.4) is 0 Å². The van der Waals surface area contributed by atoms with Gasteiger partial charge in [0.1, 0.15) is 0 Å². The zero-order chi connectivity index (χ0) is 13.7. The lowest BCUT2D eigenvalue weighted by Crippen LogP contribution is -2.39. The topological polar surface area (TPSA) is 29.3 Å². The Labute approximate surface area is 116 Å². The van der Waals surface area contributed by atoms with Gasteiger partial charge in [0.25, 0.3) is 0 Å². The summed E-state index contributed by atoms with van der Waals surface area (Å²) in [6.45, 7) is 10.5. The fraction of sp³-hybridized carbons (Fsp3) is 0.600. The minimum atomic E-state index is 0.280. The van der Waals surface area contributed by atoms with Crippen LogP contribution in [0, 0.1) is 6.92 Å². The van der Waals surface area contributed by atoms with E-state index in [2.05, 4.69) is 38.7 Å². The molecule has 0 spiro atoms. The Kier molecular flexibility index (Phi) is 6.13. The maximum atomic E-state index is 6.02. The van der Waals surface area contributed by atoms with Gasteiger partial charge in [0.2, 0.25) is 0 Å². The fourth-order valence-electron chi connectivity index (χ4n) is 2.49. The average molecular weight is 269 g/mol. The van der Waals surface area contributed by atoms with E-state index in [1.54, 1.807) is 0 Å². The molecule has 0 saturated carbocycles. The molecular formula is C15H25ClN2. The highest BCUT2D eigenvalue weighted by Crippen LogP contribution is 2.27. The molecule has 0 aliphatic heterocycles. The van der Waals surface area contributed by atoms with Crippen LogP contribution in [0.25, 0.3) is 0 Å². The highest BCUT2D eigenvalue weighted by atomic mass is 35.5. The third kappa shape index (κ3) is 3.71. The summed E-state index contributed by atoms with van der Waals surface area (Å²) in [7, 11) is 0. The molecular weight excluding hydrogens is 244 g/mol. The van der Waals surface area contributed by atoms with Crippen molar-refractivity contribution in [1.82, 2.24) is 4.90 Å². The fourth-order valence-corrected chi connectivity index (χ4v) is 2.71. The molecule has 3 heteroatoms. The van der Waals surface area contributed by atoms with Gasteiger partial charge in [-0.15, -0.1) is 0 Å². The molecule has 102 valence electrons. The first-order valence-electron chi connectivity index (χ1n) is 6.73. The lowest BCUT2D eigenvalue weighted by Gasteiger charge is -2.35. The van der Waals surface area contributed by atoms with Crippen LogP contribution in [0.5, 0.6) is 0 Å². The number of benzene rings is 1. The second-order valence-corrected chi connectivity index (χ2v) is 5.52. The summed E-state index contributed by atoms with van der Waals surface area (Å²) in [4.78, 5) is 2.47. The van der Waals surface area contributed by atoms with Crippen LogP contribution < -0.4 is 5.73 Å². The van der Waals surface area contributed by atoms with E-state index in [9.17, 15) is 0 Å². The highest BCUT2D eigenvalue weighted by Gasteiger charge is 2.22. The second-order valence-electron chi connectivity index (χ2n) is 5.08. The van der Waals surface area contributed by atoms with Gasteiger partial charge in [0.05, 0.1) is 0 Å². The van der Waals surface area contributed by atoms with Crippen molar-refractivity contribution in [3.05, 3.63) is 34.3 Å². The monoisotopic (exact) mass is 268 g/mol. The maximum absolute atomic E-state index is 6.02. The second kappa shape index (κ2) is 7.13. The summed E-state index contributed by atoms with van der Waals surface area (Å²) in [5, 5.41) is 0.790. The Bertz CT molecular complexity index is 377. The molecule has 0 amide bonds. The van der Waals surface area contributed by atoms with E-state index in [1.165, 1.54) is 11.1 Å². The van der Waals surface area contributed by atoms with Gasteiger partial charge >= 0.3 is 0 Å². The molecule has 1 aromatic rings. The molecule has 2 nitrogen and oxygen atoms in total. The first-order valence-corrected chi connectivity index (χ1v) is 7.10. The van der Waals surface area contributed by atoms with Crippen LogP contribution in [0.1, 0.15) is 44.4 Å². The molecule has 0 heterocycles. The molecule has 18 heavy (non-hydrogen) atoms. The van der Waals surface area contributed by atoms with Crippen LogP contribution in [0.15, 0.2) is 18.2 Å². The summed E-state index contributed by atoms with van der Waals surface area (Å²) in [6, 6.07) is 6.86. The minimum absolute atomic E-state index is 0.280. The smallest absolute Gasteiger partial charge is 0.0475 e. The Balaban J connectivity index is 3.06. The lowest BCUT2D eigenvalue weighted by atomic mass is 9.98. The first kappa shape index (κ1) is 15.5. The molecule has 1 unspecified atom stereocenters. The quantitative estimate of drug-likeness (QED) is 0.851. The third-order valence-corrected chi connectivity index (χ3v) is 3.59. The Morgan fingerprint density at radius 1 is 1.33 bits per heavy atom. The van der Waals surface area contributed by atoms with Crippen LogP contribution >= 0.6 is 11.6 Å². The molecule has 0 bridgehead atoms. The molecule has 0 aromatic heterocycles. The van der Waals surface area contributed by atoms with Crippen molar-refractivity contribution in [3.8, 4) is 0 Å². The van der Waals surface area contributed by atoms with Gasteiger partial charge in [-0.1, -0.05) is 24.6 Å². The molecule has 0 fully saturated rings. The zero-order valence-corrected chi connectivity index (χ0v) is 12.7. The standard InChI is InChI=1S/C15H25ClN2/c1-5-8-18(11(2)3)15(10-17)14-7-6-13(16)9-12(14)4/h6-7,9,11,15H,5,8,10,17H2,1-4H3. The van der Waals surface area contributed by atoms with Crippen molar-refractivity contribution in [2.45, 2.75) is 46.2 Å². The van der Waals surface area contributed by atoms with E-state index in [1.807, 2.05) is 12.1 Å². The normalized spacial score (nSPS) is 13.3. The molecule has 0 aliphatic rings. The number of hydrogen-bond acceptors (Lipinski definition) is 2. The van der Waals surface area contributed by atoms with Crippen molar-refractivity contribution in [3.63, 3.8) is 0 Å². The van der Waals surface area contributed by atoms with Gasteiger partial charge in [-0.3, -0.25) is 4.90 Å². The predicted molar refractivity (Wildman–Crippen MR) is 80.1 cm³/mol. The largest absolute Gasteiger partial charge is 0.329 e. The van der Waals surface area contributed by atoms with E-state index < -0.39 is 0 Å². The van der Waals surface area contributed by atoms with Crippen molar-refractivity contribution in [1.29, 1.82) is 0 Å². The summed E-state index contributed by atoms with van der Waals surface area (Å²) < 4.78 is 0.